The van der Waals surface area contributed by atoms with Crippen LogP contribution in [0.2, 0.25) is 0 Å². The van der Waals surface area contributed by atoms with E-state index in [0.29, 0.717) is 5.56 Å². The van der Waals surface area contributed by atoms with Gasteiger partial charge in [0.05, 0.1) is 0 Å². The zero-order valence-corrected chi connectivity index (χ0v) is 12.5. The summed E-state index contributed by atoms with van der Waals surface area (Å²) in [6.07, 6.45) is 6.91. The Balaban J connectivity index is 2.14. The molecule has 1 rings (SSSR count). The summed E-state index contributed by atoms with van der Waals surface area (Å²) in [6.45, 7) is 0.759. The van der Waals surface area contributed by atoms with E-state index in [0.717, 1.165) is 17.9 Å². The fraction of sp³-hybridized carbons (Fsp3) is 0.500. The minimum atomic E-state index is -0.00462. The van der Waals surface area contributed by atoms with Gasteiger partial charge in [-0.1, -0.05) is 18.9 Å². The summed E-state index contributed by atoms with van der Waals surface area (Å²) >= 11 is 6.12. The molecular formula is C14H21NOS2. The first-order chi connectivity index (χ1) is 8.74. The Kier molecular flexibility index (Phi) is 8.01. The van der Waals surface area contributed by atoms with Crippen molar-refractivity contribution >= 4 is 30.3 Å². The molecule has 0 unspecified atom stereocenters. The van der Waals surface area contributed by atoms with Crippen molar-refractivity contribution in [3.05, 3.63) is 29.8 Å². The Morgan fingerprint density at radius 3 is 2.78 bits per heavy atom. The first-order valence-electron chi connectivity index (χ1n) is 6.30. The van der Waals surface area contributed by atoms with Gasteiger partial charge in [-0.2, -0.15) is 11.8 Å². The highest BCUT2D eigenvalue weighted by atomic mass is 32.2. The van der Waals surface area contributed by atoms with Crippen molar-refractivity contribution < 1.29 is 4.79 Å². The van der Waals surface area contributed by atoms with Crippen LogP contribution in [0.5, 0.6) is 0 Å². The van der Waals surface area contributed by atoms with Crippen LogP contribution in [0, 0.1) is 0 Å². The normalized spacial score (nSPS) is 10.3. The van der Waals surface area contributed by atoms with E-state index in [1.807, 2.05) is 30.0 Å². The van der Waals surface area contributed by atoms with Crippen LogP contribution in [0.25, 0.3) is 0 Å². The van der Waals surface area contributed by atoms with Gasteiger partial charge in [0.2, 0.25) is 0 Å². The molecule has 0 aliphatic heterocycles. The summed E-state index contributed by atoms with van der Waals surface area (Å²) in [5, 5.41) is 2.94. The minimum absolute atomic E-state index is 0.00462. The van der Waals surface area contributed by atoms with Gasteiger partial charge in [0.15, 0.2) is 0 Å². The molecular weight excluding hydrogens is 262 g/mol. The molecule has 0 saturated carbocycles. The Labute approximate surface area is 119 Å². The Bertz CT molecular complexity index is 369. The number of hydrogen-bond acceptors (Lipinski definition) is 3. The quantitative estimate of drug-likeness (QED) is 0.563. The number of carbonyl (C=O) groups excluding carboxylic acids is 1. The fourth-order valence-corrected chi connectivity index (χ4v) is 2.39. The molecule has 100 valence electrons. The van der Waals surface area contributed by atoms with E-state index in [1.54, 1.807) is 6.07 Å². The average molecular weight is 283 g/mol. The second-order valence-corrected chi connectivity index (χ2v) is 5.72. The zero-order valence-electron chi connectivity index (χ0n) is 10.8. The molecule has 2 nitrogen and oxygen atoms in total. The van der Waals surface area contributed by atoms with Crippen molar-refractivity contribution in [1.29, 1.82) is 0 Å². The van der Waals surface area contributed by atoms with Crippen LogP contribution in [-0.2, 0) is 0 Å². The van der Waals surface area contributed by atoms with E-state index >= 15 is 0 Å². The van der Waals surface area contributed by atoms with Crippen LogP contribution in [0.15, 0.2) is 29.2 Å². The summed E-state index contributed by atoms with van der Waals surface area (Å²) in [7, 11) is 0. The molecule has 0 fully saturated rings. The lowest BCUT2D eigenvalue weighted by Gasteiger charge is -2.05. The van der Waals surface area contributed by atoms with E-state index in [2.05, 4.69) is 24.2 Å². The zero-order chi connectivity index (χ0) is 13.2. The molecule has 0 spiro atoms. The van der Waals surface area contributed by atoms with Gasteiger partial charge in [-0.25, -0.2) is 0 Å². The molecule has 0 aliphatic rings. The number of benzene rings is 1. The Morgan fingerprint density at radius 2 is 2.06 bits per heavy atom. The molecule has 0 aromatic heterocycles. The lowest BCUT2D eigenvalue weighted by atomic mass is 10.2. The lowest BCUT2D eigenvalue weighted by Crippen LogP contribution is -2.24. The number of unbranched alkanes of at least 4 members (excludes halogenated alkanes) is 3. The Hall–Kier alpha value is -0.610. The van der Waals surface area contributed by atoms with Crippen molar-refractivity contribution in [2.24, 2.45) is 0 Å². The Morgan fingerprint density at radius 1 is 1.28 bits per heavy atom. The van der Waals surface area contributed by atoms with Crippen LogP contribution >= 0.6 is 24.4 Å². The standard InChI is InChI=1S/C14H21NOS2/c1-18-10-5-3-2-4-9-15-14(16)12-7-6-8-13(17)11-12/h6-8,11,17H,2-5,9-10H2,1H3,(H,15,16). The molecule has 0 atom stereocenters. The predicted octanol–water partition coefficient (Wildman–Crippen LogP) is 3.63. The fourth-order valence-electron chi connectivity index (χ4n) is 1.68. The molecule has 1 N–H and O–H groups in total. The molecule has 0 saturated heterocycles. The number of amides is 1. The van der Waals surface area contributed by atoms with E-state index in [-0.39, 0.29) is 5.91 Å². The number of rotatable bonds is 8. The first kappa shape index (κ1) is 15.4. The highest BCUT2D eigenvalue weighted by molar-refractivity contribution is 7.98. The summed E-state index contributed by atoms with van der Waals surface area (Å²) in [6, 6.07) is 7.32. The molecule has 4 heteroatoms. The van der Waals surface area contributed by atoms with Crippen LogP contribution in [0.4, 0.5) is 0 Å². The highest BCUT2D eigenvalue weighted by Gasteiger charge is 2.03. The molecule has 18 heavy (non-hydrogen) atoms. The van der Waals surface area contributed by atoms with Crippen LogP contribution < -0.4 is 5.32 Å². The summed E-state index contributed by atoms with van der Waals surface area (Å²) in [5.41, 5.74) is 0.685. The van der Waals surface area contributed by atoms with Gasteiger partial charge in [0.25, 0.3) is 5.91 Å². The third-order valence-electron chi connectivity index (χ3n) is 2.67. The van der Waals surface area contributed by atoms with Crippen LogP contribution in [0.1, 0.15) is 36.0 Å². The molecule has 0 aliphatic carbocycles. The van der Waals surface area contributed by atoms with Crippen molar-refractivity contribution in [3.8, 4) is 0 Å². The summed E-state index contributed by atoms with van der Waals surface area (Å²) in [5.74, 6) is 1.23. The molecule has 0 heterocycles. The predicted molar refractivity (Wildman–Crippen MR) is 82.9 cm³/mol. The van der Waals surface area contributed by atoms with E-state index in [9.17, 15) is 4.79 Å². The van der Waals surface area contributed by atoms with E-state index in [4.69, 9.17) is 0 Å². The van der Waals surface area contributed by atoms with Crippen LogP contribution in [-0.4, -0.2) is 24.5 Å². The number of nitrogens with one attached hydrogen (secondary N) is 1. The molecule has 0 radical (unpaired) electrons. The summed E-state index contributed by atoms with van der Waals surface area (Å²) < 4.78 is 0. The van der Waals surface area contributed by atoms with Gasteiger partial charge < -0.3 is 5.32 Å². The second-order valence-electron chi connectivity index (χ2n) is 4.21. The third-order valence-corrected chi connectivity index (χ3v) is 3.64. The van der Waals surface area contributed by atoms with Gasteiger partial charge in [0.1, 0.15) is 0 Å². The van der Waals surface area contributed by atoms with Crippen molar-refractivity contribution in [2.45, 2.75) is 30.6 Å². The minimum Gasteiger partial charge on any atom is -0.352 e. The largest absolute Gasteiger partial charge is 0.352 e. The van der Waals surface area contributed by atoms with Gasteiger partial charge in [-0.15, -0.1) is 12.6 Å². The second kappa shape index (κ2) is 9.34. The number of thioether (sulfide) groups is 1. The number of thiol groups is 1. The number of hydrogen-bond donors (Lipinski definition) is 2. The molecule has 1 aromatic carbocycles. The molecule has 1 aromatic rings. The maximum atomic E-state index is 11.8. The topological polar surface area (TPSA) is 29.1 Å². The monoisotopic (exact) mass is 283 g/mol. The smallest absolute Gasteiger partial charge is 0.251 e. The summed E-state index contributed by atoms with van der Waals surface area (Å²) in [4.78, 5) is 12.6. The van der Waals surface area contributed by atoms with Gasteiger partial charge in [-0.05, 0) is 43.0 Å². The lowest BCUT2D eigenvalue weighted by molar-refractivity contribution is 0.0952. The SMILES string of the molecule is CSCCCCCCNC(=O)c1cccc(S)c1. The van der Waals surface area contributed by atoms with Gasteiger partial charge >= 0.3 is 0 Å². The van der Waals surface area contributed by atoms with Crippen molar-refractivity contribution in [3.63, 3.8) is 0 Å². The average Bonchev–Trinajstić information content (AvgIpc) is 2.37. The maximum absolute atomic E-state index is 11.8. The number of carbonyl (C=O) groups is 1. The van der Waals surface area contributed by atoms with Crippen molar-refractivity contribution in [1.82, 2.24) is 5.32 Å². The van der Waals surface area contributed by atoms with Crippen LogP contribution in [0.3, 0.4) is 0 Å². The first-order valence-corrected chi connectivity index (χ1v) is 8.14. The third kappa shape index (κ3) is 6.36. The van der Waals surface area contributed by atoms with E-state index in [1.165, 1.54) is 25.0 Å². The highest BCUT2D eigenvalue weighted by Crippen LogP contribution is 2.09. The van der Waals surface area contributed by atoms with Gasteiger partial charge in [-0.3, -0.25) is 4.79 Å². The van der Waals surface area contributed by atoms with Gasteiger partial charge in [0, 0.05) is 17.0 Å². The molecule has 0 bridgehead atoms. The van der Waals surface area contributed by atoms with Crippen molar-refractivity contribution in [2.75, 3.05) is 18.6 Å². The van der Waals surface area contributed by atoms with E-state index < -0.39 is 0 Å². The molecule has 1 amide bonds. The maximum Gasteiger partial charge on any atom is 0.251 e.